The van der Waals surface area contributed by atoms with E-state index in [2.05, 4.69) is 12.1 Å². The normalized spacial score (nSPS) is 11.8. The second-order valence-corrected chi connectivity index (χ2v) is 6.60. The van der Waals surface area contributed by atoms with E-state index in [4.69, 9.17) is 21.1 Å². The molecule has 134 valence electrons. The topological polar surface area (TPSA) is 35.5 Å². The van der Waals surface area contributed by atoms with E-state index in [0.29, 0.717) is 12.2 Å². The minimum Gasteiger partial charge on any atom is -0.479 e. The Morgan fingerprint density at radius 2 is 1.68 bits per heavy atom. The molecule has 0 spiro atoms. The maximum absolute atomic E-state index is 11.9. The zero-order valence-electron chi connectivity index (χ0n) is 14.8. The first-order chi connectivity index (χ1) is 12.1. The van der Waals surface area contributed by atoms with E-state index < -0.39 is 6.10 Å². The van der Waals surface area contributed by atoms with Gasteiger partial charge in [0.1, 0.15) is 5.75 Å². The number of esters is 1. The summed E-state index contributed by atoms with van der Waals surface area (Å²) in [6.45, 7) is 2.02. The smallest absolute Gasteiger partial charge is 0.347 e. The van der Waals surface area contributed by atoms with Crippen LogP contribution in [0, 0.1) is 6.92 Å². The van der Waals surface area contributed by atoms with Crippen molar-refractivity contribution in [3.05, 3.63) is 64.7 Å². The van der Waals surface area contributed by atoms with Crippen LogP contribution in [0.1, 0.15) is 36.8 Å². The third-order valence-electron chi connectivity index (χ3n) is 4.11. The minimum absolute atomic E-state index is 0.321. The van der Waals surface area contributed by atoms with E-state index in [9.17, 15) is 4.79 Å². The third-order valence-corrected chi connectivity index (χ3v) is 4.36. The van der Waals surface area contributed by atoms with Crippen LogP contribution >= 0.6 is 11.6 Å². The Kier molecular flexibility index (Phi) is 7.80. The predicted molar refractivity (Wildman–Crippen MR) is 101 cm³/mol. The molecule has 0 aliphatic rings. The summed E-state index contributed by atoms with van der Waals surface area (Å²) in [6, 6.07) is 15.6. The fourth-order valence-electron chi connectivity index (χ4n) is 2.62. The fraction of sp³-hybridized carbons (Fsp3) is 0.381. The summed E-state index contributed by atoms with van der Waals surface area (Å²) in [6.07, 6.45) is 4.13. The molecule has 0 radical (unpaired) electrons. The molecule has 0 amide bonds. The molecule has 1 atom stereocenters. The number of hydrogen-bond donors (Lipinski definition) is 0. The third kappa shape index (κ3) is 6.79. The van der Waals surface area contributed by atoms with Crippen LogP contribution in [0.2, 0.25) is 5.02 Å². The van der Waals surface area contributed by atoms with Gasteiger partial charge in [-0.25, -0.2) is 4.79 Å². The van der Waals surface area contributed by atoms with Crippen molar-refractivity contribution >= 4 is 17.6 Å². The lowest BCUT2D eigenvalue weighted by atomic mass is 10.0. The Bertz CT molecular complexity index is 650. The summed E-state index contributed by atoms with van der Waals surface area (Å²) in [5.41, 5.74) is 2.44. The molecule has 3 nitrogen and oxygen atoms in total. The van der Waals surface area contributed by atoms with Crippen molar-refractivity contribution in [1.82, 2.24) is 0 Å². The maximum atomic E-state index is 11.9. The van der Waals surface area contributed by atoms with Gasteiger partial charge >= 0.3 is 5.97 Å². The van der Waals surface area contributed by atoms with Crippen LogP contribution in [0.25, 0.3) is 0 Å². The van der Waals surface area contributed by atoms with Crippen molar-refractivity contribution in [2.45, 2.75) is 45.1 Å². The highest BCUT2D eigenvalue weighted by molar-refractivity contribution is 6.30. The molecule has 0 saturated heterocycles. The van der Waals surface area contributed by atoms with E-state index in [-0.39, 0.29) is 5.97 Å². The Morgan fingerprint density at radius 1 is 1.00 bits per heavy atom. The first-order valence-electron chi connectivity index (χ1n) is 8.64. The minimum atomic E-state index is -0.553. The lowest BCUT2D eigenvalue weighted by Gasteiger charge is -2.17. The molecule has 0 N–H and O–H groups in total. The van der Waals surface area contributed by atoms with E-state index >= 15 is 0 Å². The predicted octanol–water partition coefficient (Wildman–Crippen LogP) is 5.37. The highest BCUT2D eigenvalue weighted by Gasteiger charge is 2.20. The van der Waals surface area contributed by atoms with E-state index in [1.165, 1.54) is 12.7 Å². The van der Waals surface area contributed by atoms with Gasteiger partial charge in [-0.2, -0.15) is 0 Å². The summed E-state index contributed by atoms with van der Waals surface area (Å²) < 4.78 is 10.7. The van der Waals surface area contributed by atoms with E-state index in [1.807, 2.05) is 43.3 Å². The van der Waals surface area contributed by atoms with Crippen LogP contribution < -0.4 is 4.74 Å². The standard InChI is InChI=1S/C21H25ClO3/c1-16-8-14-19(15-9-16)25-20(21(23)24-2)7-5-3-4-6-17-10-12-18(22)13-11-17/h8-15,20H,3-7H2,1-2H3. The monoisotopic (exact) mass is 360 g/mol. The number of unbranched alkanes of at least 4 members (excludes halogenated alkanes) is 2. The highest BCUT2D eigenvalue weighted by atomic mass is 35.5. The van der Waals surface area contributed by atoms with Gasteiger partial charge in [-0.15, -0.1) is 0 Å². The SMILES string of the molecule is COC(=O)C(CCCCCc1ccc(Cl)cc1)Oc1ccc(C)cc1. The largest absolute Gasteiger partial charge is 0.479 e. The van der Waals surface area contributed by atoms with Crippen LogP contribution in [0.3, 0.4) is 0 Å². The zero-order chi connectivity index (χ0) is 18.1. The molecular weight excluding hydrogens is 336 g/mol. The number of methoxy groups -OCH3 is 1. The van der Waals surface area contributed by atoms with Gasteiger partial charge in [0.05, 0.1) is 7.11 Å². The number of rotatable bonds is 9. The number of hydrogen-bond acceptors (Lipinski definition) is 3. The lowest BCUT2D eigenvalue weighted by molar-refractivity contribution is -0.149. The number of carbonyl (C=O) groups excluding carboxylic acids is 1. The molecular formula is C21H25ClO3. The molecule has 0 saturated carbocycles. The lowest BCUT2D eigenvalue weighted by Crippen LogP contribution is -2.28. The summed E-state index contributed by atoms with van der Waals surface area (Å²) in [5.74, 6) is 0.375. The van der Waals surface area contributed by atoms with Crippen molar-refractivity contribution in [3.8, 4) is 5.75 Å². The summed E-state index contributed by atoms with van der Waals surface area (Å²) >= 11 is 5.89. The quantitative estimate of drug-likeness (QED) is 0.445. The van der Waals surface area contributed by atoms with Crippen molar-refractivity contribution in [1.29, 1.82) is 0 Å². The van der Waals surface area contributed by atoms with Gasteiger partial charge < -0.3 is 9.47 Å². The van der Waals surface area contributed by atoms with Crippen molar-refractivity contribution in [2.75, 3.05) is 7.11 Å². The molecule has 2 rings (SSSR count). The molecule has 2 aromatic rings. The molecule has 0 aromatic heterocycles. The van der Waals surface area contributed by atoms with E-state index in [1.54, 1.807) is 0 Å². The molecule has 4 heteroatoms. The van der Waals surface area contributed by atoms with Crippen LogP contribution in [0.4, 0.5) is 0 Å². The Hall–Kier alpha value is -2.00. The van der Waals surface area contributed by atoms with Crippen LogP contribution in [0.15, 0.2) is 48.5 Å². The number of aryl methyl sites for hydroxylation is 2. The van der Waals surface area contributed by atoms with Crippen LogP contribution in [0.5, 0.6) is 5.75 Å². The maximum Gasteiger partial charge on any atom is 0.347 e. The van der Waals surface area contributed by atoms with Gasteiger partial charge in [-0.3, -0.25) is 0 Å². The van der Waals surface area contributed by atoms with Gasteiger partial charge in [0.25, 0.3) is 0 Å². The van der Waals surface area contributed by atoms with Crippen molar-refractivity contribution < 1.29 is 14.3 Å². The first kappa shape index (κ1) is 19.3. The van der Waals surface area contributed by atoms with Gasteiger partial charge in [-0.05, 0) is 62.4 Å². The molecule has 0 fully saturated rings. The molecule has 1 unspecified atom stereocenters. The fourth-order valence-corrected chi connectivity index (χ4v) is 2.75. The average molecular weight is 361 g/mol. The van der Waals surface area contributed by atoms with Gasteiger partial charge in [-0.1, -0.05) is 47.9 Å². The highest BCUT2D eigenvalue weighted by Crippen LogP contribution is 2.18. The molecule has 0 aliphatic carbocycles. The number of benzene rings is 2. The molecule has 2 aromatic carbocycles. The zero-order valence-corrected chi connectivity index (χ0v) is 15.6. The van der Waals surface area contributed by atoms with Gasteiger partial charge in [0.2, 0.25) is 0 Å². The molecule has 25 heavy (non-hydrogen) atoms. The Labute approximate surface area is 154 Å². The average Bonchev–Trinajstić information content (AvgIpc) is 2.63. The molecule has 0 aliphatic heterocycles. The van der Waals surface area contributed by atoms with Crippen molar-refractivity contribution in [3.63, 3.8) is 0 Å². The first-order valence-corrected chi connectivity index (χ1v) is 9.02. The summed E-state index contributed by atoms with van der Waals surface area (Å²) in [4.78, 5) is 11.9. The Balaban J connectivity index is 1.76. The van der Waals surface area contributed by atoms with E-state index in [0.717, 1.165) is 36.3 Å². The summed E-state index contributed by atoms with van der Waals surface area (Å²) in [5, 5.41) is 0.762. The van der Waals surface area contributed by atoms with Crippen molar-refractivity contribution in [2.24, 2.45) is 0 Å². The molecule has 0 bridgehead atoms. The Morgan fingerprint density at radius 3 is 2.32 bits per heavy atom. The van der Waals surface area contributed by atoms with Gasteiger partial charge in [0.15, 0.2) is 6.10 Å². The number of halogens is 1. The second kappa shape index (κ2) is 10.1. The summed E-state index contributed by atoms with van der Waals surface area (Å²) in [7, 11) is 1.40. The molecule has 0 heterocycles. The van der Waals surface area contributed by atoms with Crippen LogP contribution in [-0.2, 0) is 16.0 Å². The second-order valence-electron chi connectivity index (χ2n) is 6.17. The van der Waals surface area contributed by atoms with Gasteiger partial charge in [0, 0.05) is 5.02 Å². The number of carbonyl (C=O) groups is 1. The number of ether oxygens (including phenoxy) is 2. The van der Waals surface area contributed by atoms with Crippen LogP contribution in [-0.4, -0.2) is 19.2 Å².